The summed E-state index contributed by atoms with van der Waals surface area (Å²) in [5.74, 6) is -0.226. The smallest absolute Gasteiger partial charge is 0.150 e. The molecule has 1 unspecified atom stereocenters. The molecule has 4 heteroatoms. The van der Waals surface area contributed by atoms with Crippen molar-refractivity contribution in [1.29, 1.82) is 0 Å². The number of hydrogen-bond donors (Lipinski definition) is 1. The van der Waals surface area contributed by atoms with Gasteiger partial charge in [-0.2, -0.15) is 0 Å². The number of aryl methyl sites for hydroxylation is 3. The van der Waals surface area contributed by atoms with Crippen LogP contribution < -0.4 is 0 Å². The molecule has 0 fully saturated rings. The van der Waals surface area contributed by atoms with Crippen molar-refractivity contribution in [2.45, 2.75) is 26.9 Å². The van der Waals surface area contributed by atoms with E-state index in [1.807, 2.05) is 32.9 Å². The molecule has 1 aromatic carbocycles. The summed E-state index contributed by atoms with van der Waals surface area (Å²) in [7, 11) is -3.16. The molecule has 0 heterocycles. The highest BCUT2D eigenvalue weighted by atomic mass is 32.2. The van der Waals surface area contributed by atoms with Gasteiger partial charge in [-0.3, -0.25) is 0 Å². The Bertz CT molecular complexity index is 489. The van der Waals surface area contributed by atoms with E-state index >= 15 is 0 Å². The summed E-state index contributed by atoms with van der Waals surface area (Å²) in [6.45, 7) is 5.83. The molecule has 0 aliphatic rings. The van der Waals surface area contributed by atoms with E-state index in [9.17, 15) is 13.5 Å². The highest BCUT2D eigenvalue weighted by molar-refractivity contribution is 7.90. The molecule has 1 rings (SSSR count). The van der Waals surface area contributed by atoms with Crippen molar-refractivity contribution in [2.24, 2.45) is 0 Å². The van der Waals surface area contributed by atoms with Crippen LogP contribution >= 0.6 is 0 Å². The Morgan fingerprint density at radius 2 is 1.62 bits per heavy atom. The largest absolute Gasteiger partial charge is 0.387 e. The molecular formula is C12H18O3S. The Hall–Kier alpha value is -0.870. The quantitative estimate of drug-likeness (QED) is 0.877. The van der Waals surface area contributed by atoms with Gasteiger partial charge < -0.3 is 5.11 Å². The first kappa shape index (κ1) is 13.2. The molecule has 0 radical (unpaired) electrons. The molecule has 90 valence electrons. The molecule has 0 spiro atoms. The van der Waals surface area contributed by atoms with E-state index in [0.717, 1.165) is 22.9 Å². The van der Waals surface area contributed by atoms with E-state index in [1.54, 1.807) is 0 Å². The first-order valence-electron chi connectivity index (χ1n) is 5.14. The standard InChI is InChI=1S/C12H18O3S/c1-8-5-10(3)11(6-9(8)2)12(13)7-16(4,14)15/h5-6,12-13H,7H2,1-4H3. The summed E-state index contributed by atoms with van der Waals surface area (Å²) in [5, 5.41) is 9.87. The molecule has 0 bridgehead atoms. The fraction of sp³-hybridized carbons (Fsp3) is 0.500. The Kier molecular flexibility index (Phi) is 3.76. The van der Waals surface area contributed by atoms with Crippen LogP contribution in [0.3, 0.4) is 0 Å². The number of aliphatic hydroxyl groups is 1. The second-order valence-corrected chi connectivity index (χ2v) is 6.59. The normalized spacial score (nSPS) is 13.8. The topological polar surface area (TPSA) is 54.4 Å². The third kappa shape index (κ3) is 3.32. The van der Waals surface area contributed by atoms with Crippen LogP contribution in [0, 0.1) is 20.8 Å². The van der Waals surface area contributed by atoms with Crippen LogP contribution in [0.5, 0.6) is 0 Å². The van der Waals surface area contributed by atoms with Gasteiger partial charge in [0.1, 0.15) is 9.84 Å². The highest BCUT2D eigenvalue weighted by Crippen LogP contribution is 2.22. The molecule has 1 N–H and O–H groups in total. The van der Waals surface area contributed by atoms with Gasteiger partial charge in [-0.15, -0.1) is 0 Å². The first-order valence-corrected chi connectivity index (χ1v) is 7.20. The van der Waals surface area contributed by atoms with Crippen LogP contribution in [-0.2, 0) is 9.84 Å². The predicted molar refractivity (Wildman–Crippen MR) is 65.3 cm³/mol. The summed E-state index contributed by atoms with van der Waals surface area (Å²) < 4.78 is 22.2. The van der Waals surface area contributed by atoms with Gasteiger partial charge in [0.15, 0.2) is 0 Å². The van der Waals surface area contributed by atoms with E-state index in [1.165, 1.54) is 0 Å². The number of benzene rings is 1. The van der Waals surface area contributed by atoms with Crippen molar-refractivity contribution in [3.8, 4) is 0 Å². The van der Waals surface area contributed by atoms with Gasteiger partial charge in [0.2, 0.25) is 0 Å². The minimum atomic E-state index is -3.16. The monoisotopic (exact) mass is 242 g/mol. The van der Waals surface area contributed by atoms with E-state index in [4.69, 9.17) is 0 Å². The summed E-state index contributed by atoms with van der Waals surface area (Å²) in [6, 6.07) is 3.83. The van der Waals surface area contributed by atoms with Crippen molar-refractivity contribution in [2.75, 3.05) is 12.0 Å². The zero-order valence-electron chi connectivity index (χ0n) is 10.1. The maximum absolute atomic E-state index is 11.1. The lowest BCUT2D eigenvalue weighted by Crippen LogP contribution is -2.14. The van der Waals surface area contributed by atoms with Gasteiger partial charge in [-0.05, 0) is 43.0 Å². The van der Waals surface area contributed by atoms with E-state index in [2.05, 4.69) is 0 Å². The van der Waals surface area contributed by atoms with Crippen LogP contribution in [0.15, 0.2) is 12.1 Å². The first-order chi connectivity index (χ1) is 7.20. The molecular weight excluding hydrogens is 224 g/mol. The number of hydrogen-bond acceptors (Lipinski definition) is 3. The molecule has 0 saturated carbocycles. The molecule has 3 nitrogen and oxygen atoms in total. The molecule has 1 aromatic rings. The van der Waals surface area contributed by atoms with E-state index in [0.29, 0.717) is 5.56 Å². The summed E-state index contributed by atoms with van der Waals surface area (Å²) in [4.78, 5) is 0. The van der Waals surface area contributed by atoms with Gasteiger partial charge in [-0.25, -0.2) is 8.42 Å². The SMILES string of the molecule is Cc1cc(C)c(C(O)CS(C)(=O)=O)cc1C. The third-order valence-corrected chi connectivity index (χ3v) is 3.62. The number of sulfone groups is 1. The minimum absolute atomic E-state index is 0.226. The molecule has 0 aliphatic heterocycles. The molecule has 0 saturated heterocycles. The zero-order valence-corrected chi connectivity index (χ0v) is 10.9. The van der Waals surface area contributed by atoms with Crippen molar-refractivity contribution in [1.82, 2.24) is 0 Å². The van der Waals surface area contributed by atoms with Gasteiger partial charge >= 0.3 is 0 Å². The van der Waals surface area contributed by atoms with Crippen LogP contribution in [0.4, 0.5) is 0 Å². The third-order valence-electron chi connectivity index (χ3n) is 2.70. The second-order valence-electron chi connectivity index (χ2n) is 4.40. The van der Waals surface area contributed by atoms with Crippen molar-refractivity contribution >= 4 is 9.84 Å². The average Bonchev–Trinajstić information content (AvgIpc) is 2.08. The Morgan fingerprint density at radius 3 is 2.12 bits per heavy atom. The fourth-order valence-electron chi connectivity index (χ4n) is 1.72. The summed E-state index contributed by atoms with van der Waals surface area (Å²) in [5.41, 5.74) is 3.84. The van der Waals surface area contributed by atoms with Crippen LogP contribution in [-0.4, -0.2) is 25.5 Å². The Balaban J connectivity index is 3.09. The Morgan fingerprint density at radius 1 is 1.12 bits per heavy atom. The molecule has 16 heavy (non-hydrogen) atoms. The van der Waals surface area contributed by atoms with Crippen LogP contribution in [0.2, 0.25) is 0 Å². The van der Waals surface area contributed by atoms with E-state index < -0.39 is 15.9 Å². The summed E-state index contributed by atoms with van der Waals surface area (Å²) in [6.07, 6.45) is 0.196. The predicted octanol–water partition coefficient (Wildman–Crippen LogP) is 1.69. The molecule has 0 aromatic heterocycles. The van der Waals surface area contributed by atoms with Gasteiger partial charge in [0, 0.05) is 6.26 Å². The maximum atomic E-state index is 11.1. The molecule has 0 aliphatic carbocycles. The van der Waals surface area contributed by atoms with Crippen LogP contribution in [0.1, 0.15) is 28.4 Å². The summed E-state index contributed by atoms with van der Waals surface area (Å²) >= 11 is 0. The fourth-order valence-corrected chi connectivity index (χ4v) is 2.47. The van der Waals surface area contributed by atoms with E-state index in [-0.39, 0.29) is 5.75 Å². The zero-order chi connectivity index (χ0) is 12.5. The van der Waals surface area contributed by atoms with Crippen molar-refractivity contribution in [3.05, 3.63) is 34.4 Å². The number of rotatable bonds is 3. The van der Waals surface area contributed by atoms with Gasteiger partial charge in [0.25, 0.3) is 0 Å². The average molecular weight is 242 g/mol. The second kappa shape index (κ2) is 4.55. The lowest BCUT2D eigenvalue weighted by atomic mass is 9.98. The lowest BCUT2D eigenvalue weighted by Gasteiger charge is -2.15. The van der Waals surface area contributed by atoms with Crippen molar-refractivity contribution < 1.29 is 13.5 Å². The molecule has 1 atom stereocenters. The van der Waals surface area contributed by atoms with Crippen LogP contribution in [0.25, 0.3) is 0 Å². The minimum Gasteiger partial charge on any atom is -0.387 e. The lowest BCUT2D eigenvalue weighted by molar-refractivity contribution is 0.201. The number of aliphatic hydroxyl groups excluding tert-OH is 1. The Labute approximate surface area is 97.0 Å². The van der Waals surface area contributed by atoms with Crippen molar-refractivity contribution in [3.63, 3.8) is 0 Å². The van der Waals surface area contributed by atoms with Gasteiger partial charge in [-0.1, -0.05) is 12.1 Å². The maximum Gasteiger partial charge on any atom is 0.150 e. The highest BCUT2D eigenvalue weighted by Gasteiger charge is 2.16. The molecule has 0 amide bonds. The van der Waals surface area contributed by atoms with Gasteiger partial charge in [0.05, 0.1) is 11.9 Å².